The number of hydrogen-bond donors (Lipinski definition) is 2. The molecule has 2 N–H and O–H groups in total. The first-order valence-electron chi connectivity index (χ1n) is 11.4. The van der Waals surface area contributed by atoms with Crippen molar-refractivity contribution in [1.29, 1.82) is 0 Å². The number of amides is 2. The van der Waals surface area contributed by atoms with Crippen LogP contribution in [0.4, 0.5) is 11.4 Å². The summed E-state index contributed by atoms with van der Waals surface area (Å²) in [6.07, 6.45) is 1.73. The van der Waals surface area contributed by atoms with Gasteiger partial charge in [-0.2, -0.15) is 10.1 Å². The zero-order valence-electron chi connectivity index (χ0n) is 20.5. The second kappa shape index (κ2) is 10.8. The normalized spacial score (nSPS) is 13.9. The van der Waals surface area contributed by atoms with Crippen LogP contribution in [0.5, 0.6) is 11.5 Å². The van der Waals surface area contributed by atoms with Crippen LogP contribution in [0.15, 0.2) is 77.4 Å². The van der Waals surface area contributed by atoms with Gasteiger partial charge in [-0.3, -0.25) is 9.59 Å². The molecule has 1 aliphatic rings. The van der Waals surface area contributed by atoms with Gasteiger partial charge in [0.05, 0.1) is 29.6 Å². The van der Waals surface area contributed by atoms with Gasteiger partial charge in [0, 0.05) is 5.69 Å². The molecule has 188 valence electrons. The van der Waals surface area contributed by atoms with E-state index in [1.807, 2.05) is 31.2 Å². The number of ether oxygens (including phenoxy) is 2. The Hall–Kier alpha value is -4.92. The van der Waals surface area contributed by atoms with Crippen LogP contribution in [0.25, 0.3) is 6.08 Å². The molecule has 1 aliphatic heterocycles. The minimum atomic E-state index is -1.05. The van der Waals surface area contributed by atoms with Crippen LogP contribution in [0.1, 0.15) is 28.4 Å². The molecule has 0 unspecified atom stereocenters. The fourth-order valence-corrected chi connectivity index (χ4v) is 3.72. The molecule has 0 atom stereocenters. The third-order valence-electron chi connectivity index (χ3n) is 5.58. The van der Waals surface area contributed by atoms with Crippen LogP contribution < -0.4 is 19.8 Å². The molecular weight excluding hydrogens is 474 g/mol. The summed E-state index contributed by atoms with van der Waals surface area (Å²) in [6.45, 7) is 3.45. The van der Waals surface area contributed by atoms with Crippen LogP contribution in [0.2, 0.25) is 0 Å². The summed E-state index contributed by atoms with van der Waals surface area (Å²) in [5.41, 5.74) is 4.06. The van der Waals surface area contributed by atoms with E-state index in [9.17, 15) is 14.4 Å². The maximum Gasteiger partial charge on any atom is 0.335 e. The van der Waals surface area contributed by atoms with Crippen LogP contribution in [0, 0.1) is 6.92 Å². The van der Waals surface area contributed by atoms with E-state index in [-0.39, 0.29) is 18.1 Å². The summed E-state index contributed by atoms with van der Waals surface area (Å²) in [4.78, 5) is 36.3. The number of carboxylic acids is 1. The molecule has 0 saturated carbocycles. The van der Waals surface area contributed by atoms with Crippen molar-refractivity contribution in [2.45, 2.75) is 13.8 Å². The van der Waals surface area contributed by atoms with E-state index in [0.29, 0.717) is 39.7 Å². The molecule has 3 aromatic carbocycles. The van der Waals surface area contributed by atoms with Crippen LogP contribution >= 0.6 is 0 Å². The van der Waals surface area contributed by atoms with Crippen LogP contribution in [0.3, 0.4) is 0 Å². The van der Waals surface area contributed by atoms with Crippen molar-refractivity contribution < 1.29 is 29.0 Å². The Kier molecular flexibility index (Phi) is 7.34. The Bertz CT molecular complexity index is 1430. The highest BCUT2D eigenvalue weighted by Crippen LogP contribution is 2.31. The van der Waals surface area contributed by atoms with Gasteiger partial charge in [-0.05, 0) is 79.6 Å². The van der Waals surface area contributed by atoms with Crippen LogP contribution in [-0.4, -0.2) is 42.3 Å². The fraction of sp³-hybridized carbons (Fsp3) is 0.143. The maximum absolute atomic E-state index is 13.0. The number of carbonyl (C=O) groups is 3. The lowest BCUT2D eigenvalue weighted by atomic mass is 10.1. The molecule has 0 aromatic heterocycles. The number of rotatable bonds is 8. The second-order valence-electron chi connectivity index (χ2n) is 8.33. The summed E-state index contributed by atoms with van der Waals surface area (Å²) >= 11 is 0. The molecule has 0 radical (unpaired) electrons. The number of hydrazone groups is 1. The average Bonchev–Trinajstić information content (AvgIpc) is 3.16. The third-order valence-corrected chi connectivity index (χ3v) is 5.58. The van der Waals surface area contributed by atoms with Gasteiger partial charge in [0.1, 0.15) is 0 Å². The van der Waals surface area contributed by atoms with E-state index in [2.05, 4.69) is 10.4 Å². The number of benzene rings is 3. The first-order valence-corrected chi connectivity index (χ1v) is 11.4. The summed E-state index contributed by atoms with van der Waals surface area (Å²) in [5.74, 6) is -0.948. The number of hydrogen-bond acceptors (Lipinski definition) is 6. The molecule has 37 heavy (non-hydrogen) atoms. The number of carbonyl (C=O) groups excluding carboxylic acids is 2. The molecule has 3 aromatic rings. The van der Waals surface area contributed by atoms with Gasteiger partial charge in [-0.1, -0.05) is 18.2 Å². The summed E-state index contributed by atoms with van der Waals surface area (Å²) in [7, 11) is 1.48. The van der Waals surface area contributed by atoms with Crippen molar-refractivity contribution in [1.82, 2.24) is 0 Å². The van der Waals surface area contributed by atoms with E-state index in [1.165, 1.54) is 36.4 Å². The molecule has 0 aliphatic carbocycles. The Morgan fingerprint density at radius 2 is 1.78 bits per heavy atom. The Morgan fingerprint density at radius 3 is 2.46 bits per heavy atom. The predicted molar refractivity (Wildman–Crippen MR) is 140 cm³/mol. The number of nitrogens with one attached hydrogen (secondary N) is 1. The number of carboxylic acid groups (broad SMARTS) is 1. The highest BCUT2D eigenvalue weighted by molar-refractivity contribution is 6.32. The lowest BCUT2D eigenvalue weighted by Crippen LogP contribution is -2.21. The number of nitrogens with zero attached hydrogens (tertiary/aromatic N) is 2. The predicted octanol–water partition coefficient (Wildman–Crippen LogP) is 4.53. The van der Waals surface area contributed by atoms with Gasteiger partial charge >= 0.3 is 5.97 Å². The molecule has 0 fully saturated rings. The molecular formula is C28H25N3O6. The first kappa shape index (κ1) is 25.2. The van der Waals surface area contributed by atoms with Gasteiger partial charge in [-0.25, -0.2) is 4.79 Å². The van der Waals surface area contributed by atoms with Gasteiger partial charge in [0.2, 0.25) is 0 Å². The molecule has 9 heteroatoms. The lowest BCUT2D eigenvalue weighted by molar-refractivity contribution is -0.118. The van der Waals surface area contributed by atoms with Gasteiger partial charge in [0.15, 0.2) is 18.1 Å². The second-order valence-corrected chi connectivity index (χ2v) is 8.33. The third kappa shape index (κ3) is 5.84. The number of aromatic carboxylic acids is 1. The van der Waals surface area contributed by atoms with E-state index in [1.54, 1.807) is 31.2 Å². The molecule has 0 saturated heterocycles. The molecule has 2 amide bonds. The topological polar surface area (TPSA) is 118 Å². The number of anilines is 2. The SMILES string of the molecule is COc1cc(/C=C2/C(=O)N(c3cccc(C)c3)N=C2C)ccc1OCC(=O)Nc1ccc(C(=O)O)cc1. The standard InChI is InChI=1S/C28H25N3O6/c1-17-5-4-6-22(13-17)31-27(33)23(18(2)30-31)14-19-7-12-24(25(15-19)36-3)37-16-26(32)29-21-10-8-20(9-11-21)28(34)35/h4-15H,16H2,1-3H3,(H,29,32)(H,34,35)/b23-14+. The first-order chi connectivity index (χ1) is 17.7. The zero-order chi connectivity index (χ0) is 26.5. The van der Waals surface area contributed by atoms with E-state index < -0.39 is 11.9 Å². The number of aryl methyl sites for hydroxylation is 1. The van der Waals surface area contributed by atoms with Crippen molar-refractivity contribution in [3.8, 4) is 11.5 Å². The Balaban J connectivity index is 1.43. The summed E-state index contributed by atoms with van der Waals surface area (Å²) in [6, 6.07) is 18.5. The summed E-state index contributed by atoms with van der Waals surface area (Å²) in [5, 5.41) is 17.4. The lowest BCUT2D eigenvalue weighted by Gasteiger charge is -2.13. The van der Waals surface area contributed by atoms with Gasteiger partial charge in [-0.15, -0.1) is 0 Å². The maximum atomic E-state index is 13.0. The highest BCUT2D eigenvalue weighted by atomic mass is 16.5. The van der Waals surface area contributed by atoms with Gasteiger partial charge < -0.3 is 19.9 Å². The Labute approximate surface area is 213 Å². The Morgan fingerprint density at radius 1 is 1.03 bits per heavy atom. The number of methoxy groups -OCH3 is 1. The average molecular weight is 500 g/mol. The molecule has 9 nitrogen and oxygen atoms in total. The largest absolute Gasteiger partial charge is 0.493 e. The van der Waals surface area contributed by atoms with Crippen molar-refractivity contribution >= 4 is 40.9 Å². The fourth-order valence-electron chi connectivity index (χ4n) is 3.72. The van der Waals surface area contributed by atoms with Crippen molar-refractivity contribution in [3.05, 3.63) is 89.0 Å². The molecule has 4 rings (SSSR count). The van der Waals surface area contributed by atoms with E-state index >= 15 is 0 Å². The molecule has 0 spiro atoms. The summed E-state index contributed by atoms with van der Waals surface area (Å²) < 4.78 is 11.1. The smallest absolute Gasteiger partial charge is 0.335 e. The quantitative estimate of drug-likeness (QED) is 0.440. The monoisotopic (exact) mass is 499 g/mol. The molecule has 1 heterocycles. The highest BCUT2D eigenvalue weighted by Gasteiger charge is 2.28. The minimum absolute atomic E-state index is 0.123. The van der Waals surface area contributed by atoms with Crippen molar-refractivity contribution in [2.75, 3.05) is 24.0 Å². The van der Waals surface area contributed by atoms with Crippen LogP contribution in [-0.2, 0) is 9.59 Å². The van der Waals surface area contributed by atoms with E-state index in [0.717, 1.165) is 5.56 Å². The minimum Gasteiger partial charge on any atom is -0.493 e. The van der Waals surface area contributed by atoms with Gasteiger partial charge in [0.25, 0.3) is 11.8 Å². The van der Waals surface area contributed by atoms with Crippen molar-refractivity contribution in [2.24, 2.45) is 5.10 Å². The molecule has 0 bridgehead atoms. The van der Waals surface area contributed by atoms with E-state index in [4.69, 9.17) is 14.6 Å². The zero-order valence-corrected chi connectivity index (χ0v) is 20.5. The van der Waals surface area contributed by atoms with Crippen molar-refractivity contribution in [3.63, 3.8) is 0 Å².